The molecule has 17 heavy (non-hydrogen) atoms. The molecule has 0 bridgehead atoms. The predicted molar refractivity (Wildman–Crippen MR) is 60.9 cm³/mol. The zero-order valence-electron chi connectivity index (χ0n) is 9.62. The third-order valence-electron chi connectivity index (χ3n) is 2.58. The number of primary amides is 1. The molecule has 0 aliphatic carbocycles. The molecule has 0 aromatic heterocycles. The van der Waals surface area contributed by atoms with E-state index in [-0.39, 0.29) is 12.3 Å². The van der Waals surface area contributed by atoms with Gasteiger partial charge in [0.2, 0.25) is 5.91 Å². The molecule has 2 atom stereocenters. The van der Waals surface area contributed by atoms with Crippen molar-refractivity contribution in [2.45, 2.75) is 25.8 Å². The first-order chi connectivity index (χ1) is 7.90. The van der Waals surface area contributed by atoms with Gasteiger partial charge >= 0.3 is 0 Å². The van der Waals surface area contributed by atoms with Gasteiger partial charge < -0.3 is 11.5 Å². The summed E-state index contributed by atoms with van der Waals surface area (Å²) in [6.45, 7) is 1.84. The highest BCUT2D eigenvalue weighted by Gasteiger charge is 2.14. The number of rotatable bonds is 5. The van der Waals surface area contributed by atoms with Crippen LogP contribution >= 0.6 is 0 Å². The van der Waals surface area contributed by atoms with Gasteiger partial charge in [-0.1, -0.05) is 13.0 Å². The maximum Gasteiger partial charge on any atom is 0.217 e. The summed E-state index contributed by atoms with van der Waals surface area (Å²) in [5.74, 6) is -2.20. The van der Waals surface area contributed by atoms with Crippen molar-refractivity contribution in [3.8, 4) is 0 Å². The van der Waals surface area contributed by atoms with Gasteiger partial charge in [-0.25, -0.2) is 8.78 Å². The summed E-state index contributed by atoms with van der Waals surface area (Å²) in [5.41, 5.74) is 11.4. The van der Waals surface area contributed by atoms with Gasteiger partial charge in [0.05, 0.1) is 0 Å². The molecule has 0 heterocycles. The minimum absolute atomic E-state index is 0.00983. The quantitative estimate of drug-likeness (QED) is 0.827. The fourth-order valence-corrected chi connectivity index (χ4v) is 1.74. The van der Waals surface area contributed by atoms with Gasteiger partial charge in [-0.05, 0) is 30.0 Å². The summed E-state index contributed by atoms with van der Waals surface area (Å²) < 4.78 is 25.7. The Morgan fingerprint density at radius 3 is 2.53 bits per heavy atom. The normalized spacial score (nSPS) is 14.4. The predicted octanol–water partition coefficient (Wildman–Crippen LogP) is 1.87. The van der Waals surface area contributed by atoms with E-state index < -0.39 is 23.6 Å². The van der Waals surface area contributed by atoms with Crippen LogP contribution in [-0.2, 0) is 4.79 Å². The minimum Gasteiger partial charge on any atom is -0.370 e. The highest BCUT2D eigenvalue weighted by molar-refractivity contribution is 5.73. The number of amides is 1. The molecule has 1 aromatic rings. The molecular weight excluding hydrogens is 226 g/mol. The van der Waals surface area contributed by atoms with Crippen molar-refractivity contribution < 1.29 is 13.6 Å². The lowest BCUT2D eigenvalue weighted by atomic mass is 9.94. The summed E-state index contributed by atoms with van der Waals surface area (Å²) in [6, 6.07) is 3.14. The average Bonchev–Trinajstić information content (AvgIpc) is 2.20. The summed E-state index contributed by atoms with van der Waals surface area (Å²) in [6.07, 6.45) is 0.728. The fourth-order valence-electron chi connectivity index (χ4n) is 1.74. The molecule has 0 saturated heterocycles. The monoisotopic (exact) mass is 242 g/mol. The van der Waals surface area contributed by atoms with E-state index in [0.717, 1.165) is 12.1 Å². The van der Waals surface area contributed by atoms with Crippen molar-refractivity contribution in [1.82, 2.24) is 0 Å². The topological polar surface area (TPSA) is 69.1 Å². The van der Waals surface area contributed by atoms with Gasteiger partial charge in [0.15, 0.2) is 11.6 Å². The zero-order chi connectivity index (χ0) is 13.0. The van der Waals surface area contributed by atoms with Crippen LogP contribution in [0.5, 0.6) is 0 Å². The average molecular weight is 242 g/mol. The largest absolute Gasteiger partial charge is 0.370 e. The molecule has 1 aromatic carbocycles. The van der Waals surface area contributed by atoms with Crippen LogP contribution in [0.1, 0.15) is 31.4 Å². The zero-order valence-corrected chi connectivity index (χ0v) is 9.62. The Kier molecular flexibility index (Phi) is 4.57. The van der Waals surface area contributed by atoms with Crippen molar-refractivity contribution >= 4 is 5.91 Å². The molecule has 0 spiro atoms. The van der Waals surface area contributed by atoms with Gasteiger partial charge in [-0.15, -0.1) is 0 Å². The lowest BCUT2D eigenvalue weighted by Gasteiger charge is -2.16. The number of carbonyl (C=O) groups is 1. The van der Waals surface area contributed by atoms with Crippen molar-refractivity contribution in [2.24, 2.45) is 17.4 Å². The number of hydrogen-bond donors (Lipinski definition) is 2. The van der Waals surface area contributed by atoms with E-state index in [2.05, 4.69) is 0 Å². The fraction of sp³-hybridized carbons (Fsp3) is 0.417. The van der Waals surface area contributed by atoms with E-state index >= 15 is 0 Å². The maximum absolute atomic E-state index is 13.0. The van der Waals surface area contributed by atoms with Crippen molar-refractivity contribution in [2.75, 3.05) is 0 Å². The van der Waals surface area contributed by atoms with Gasteiger partial charge in [-0.2, -0.15) is 0 Å². The Morgan fingerprint density at radius 2 is 2.00 bits per heavy atom. The second kappa shape index (κ2) is 5.72. The molecule has 3 nitrogen and oxygen atoms in total. The molecule has 0 fully saturated rings. The second-order valence-electron chi connectivity index (χ2n) is 4.29. The van der Waals surface area contributed by atoms with Crippen LogP contribution in [-0.4, -0.2) is 5.91 Å². The molecule has 0 aliphatic rings. The second-order valence-corrected chi connectivity index (χ2v) is 4.29. The van der Waals surface area contributed by atoms with Crippen molar-refractivity contribution in [1.29, 1.82) is 0 Å². The van der Waals surface area contributed by atoms with Crippen LogP contribution in [0.3, 0.4) is 0 Å². The standard InChI is InChI=1S/C12H16F2N2O/c1-7(5-12(16)17)4-11(15)8-2-3-9(13)10(14)6-8/h2-3,6-7,11H,4-5,15H2,1H3,(H2,16,17). The molecule has 94 valence electrons. The molecule has 5 heteroatoms. The molecule has 1 amide bonds. The SMILES string of the molecule is CC(CC(N)=O)CC(N)c1ccc(F)c(F)c1. The number of benzene rings is 1. The Bertz CT molecular complexity index is 409. The van der Waals surface area contributed by atoms with E-state index in [1.54, 1.807) is 0 Å². The molecule has 0 saturated carbocycles. The highest BCUT2D eigenvalue weighted by Crippen LogP contribution is 2.22. The molecule has 1 rings (SSSR count). The van der Waals surface area contributed by atoms with Gasteiger partial charge in [0.25, 0.3) is 0 Å². The third-order valence-corrected chi connectivity index (χ3v) is 2.58. The lowest BCUT2D eigenvalue weighted by molar-refractivity contribution is -0.118. The summed E-state index contributed by atoms with van der Waals surface area (Å²) in [7, 11) is 0. The summed E-state index contributed by atoms with van der Waals surface area (Å²) in [5, 5.41) is 0. The molecule has 4 N–H and O–H groups in total. The number of carbonyl (C=O) groups excluding carboxylic acids is 1. The van der Waals surface area contributed by atoms with Crippen molar-refractivity contribution in [3.05, 3.63) is 35.4 Å². The first-order valence-electron chi connectivity index (χ1n) is 5.39. The molecular formula is C12H16F2N2O. The first-order valence-corrected chi connectivity index (χ1v) is 5.39. The third kappa shape index (κ3) is 4.11. The Hall–Kier alpha value is -1.49. The Morgan fingerprint density at radius 1 is 1.35 bits per heavy atom. The van der Waals surface area contributed by atoms with Gasteiger partial charge in [0, 0.05) is 12.5 Å². The number of halogens is 2. The van der Waals surface area contributed by atoms with Gasteiger partial charge in [0.1, 0.15) is 0 Å². The maximum atomic E-state index is 13.0. The van der Waals surface area contributed by atoms with E-state index in [4.69, 9.17) is 11.5 Å². The summed E-state index contributed by atoms with van der Waals surface area (Å²) >= 11 is 0. The molecule has 0 aliphatic heterocycles. The first kappa shape index (κ1) is 13.6. The van der Waals surface area contributed by atoms with E-state index in [0.29, 0.717) is 12.0 Å². The van der Waals surface area contributed by atoms with Crippen LogP contribution < -0.4 is 11.5 Å². The van der Waals surface area contributed by atoms with E-state index in [9.17, 15) is 13.6 Å². The van der Waals surface area contributed by atoms with Crippen molar-refractivity contribution in [3.63, 3.8) is 0 Å². The number of hydrogen-bond acceptors (Lipinski definition) is 2. The van der Waals surface area contributed by atoms with Crippen LogP contribution in [0.4, 0.5) is 8.78 Å². The van der Waals surface area contributed by atoms with Crippen LogP contribution in [0.2, 0.25) is 0 Å². The van der Waals surface area contributed by atoms with Gasteiger partial charge in [-0.3, -0.25) is 4.79 Å². The summed E-state index contributed by atoms with van der Waals surface area (Å²) in [4.78, 5) is 10.7. The Labute approximate surface area is 98.8 Å². The van der Waals surface area contributed by atoms with Crippen LogP contribution in [0.25, 0.3) is 0 Å². The lowest BCUT2D eigenvalue weighted by Crippen LogP contribution is -2.19. The van der Waals surface area contributed by atoms with Crippen LogP contribution in [0.15, 0.2) is 18.2 Å². The highest BCUT2D eigenvalue weighted by atomic mass is 19.2. The van der Waals surface area contributed by atoms with E-state index in [1.807, 2.05) is 6.92 Å². The van der Waals surface area contributed by atoms with E-state index in [1.165, 1.54) is 6.07 Å². The molecule has 2 unspecified atom stereocenters. The number of nitrogens with two attached hydrogens (primary N) is 2. The molecule has 0 radical (unpaired) electrons. The smallest absolute Gasteiger partial charge is 0.217 e. The van der Waals surface area contributed by atoms with Crippen LogP contribution in [0, 0.1) is 17.6 Å². The minimum atomic E-state index is -0.916. The Balaban J connectivity index is 2.66.